The zero-order valence-corrected chi connectivity index (χ0v) is 16.8. The third kappa shape index (κ3) is 4.99. The number of esters is 1. The van der Waals surface area contributed by atoms with Crippen LogP contribution in [0.25, 0.3) is 0 Å². The number of carbonyl (C=O) groups excluding carboxylic acids is 3. The Bertz CT molecular complexity index is 722. The predicted octanol–water partition coefficient (Wildman–Crippen LogP) is 2.90. The van der Waals surface area contributed by atoms with Crippen LogP contribution in [0.4, 0.5) is 13.2 Å². The molecule has 2 rings (SSSR count). The molecular formula is C19H25F3N2O5. The van der Waals surface area contributed by atoms with Crippen LogP contribution in [0, 0.1) is 0 Å². The average Bonchev–Trinajstić information content (AvgIpc) is 3.12. The third-order valence-corrected chi connectivity index (χ3v) is 4.11. The minimum absolute atomic E-state index is 0.133. The van der Waals surface area contributed by atoms with E-state index in [-0.39, 0.29) is 31.6 Å². The normalized spacial score (nSPS) is 15.7. The Labute approximate surface area is 167 Å². The largest absolute Gasteiger partial charge is 0.497 e. The molecule has 1 N–H and O–H groups in total. The number of amides is 2. The molecular weight excluding hydrogens is 393 g/mol. The Morgan fingerprint density at radius 3 is 2.17 bits per heavy atom. The van der Waals surface area contributed by atoms with Crippen LogP contribution in [0.2, 0.25) is 0 Å². The van der Waals surface area contributed by atoms with Gasteiger partial charge in [0.2, 0.25) is 5.91 Å². The van der Waals surface area contributed by atoms with Crippen molar-refractivity contribution in [3.8, 4) is 5.75 Å². The van der Waals surface area contributed by atoms with Gasteiger partial charge in [0.05, 0.1) is 13.7 Å². The van der Waals surface area contributed by atoms with Gasteiger partial charge in [-0.25, -0.2) is 4.79 Å². The number of benzene rings is 1. The molecule has 1 aliphatic heterocycles. The molecule has 1 fully saturated rings. The van der Waals surface area contributed by atoms with E-state index in [0.717, 1.165) is 0 Å². The minimum atomic E-state index is -5.29. The quantitative estimate of drug-likeness (QED) is 0.718. The fourth-order valence-corrected chi connectivity index (χ4v) is 2.79. The first kappa shape index (κ1) is 24.3. The van der Waals surface area contributed by atoms with E-state index in [9.17, 15) is 27.6 Å². The number of rotatable bonds is 6. The molecule has 0 saturated carbocycles. The first-order valence-electron chi connectivity index (χ1n) is 9.18. The summed E-state index contributed by atoms with van der Waals surface area (Å²) in [6.45, 7) is 4.65. The molecule has 1 saturated heterocycles. The van der Waals surface area contributed by atoms with Gasteiger partial charge in [0.25, 0.3) is 5.91 Å². The van der Waals surface area contributed by atoms with Crippen molar-refractivity contribution in [2.75, 3.05) is 20.3 Å². The van der Waals surface area contributed by atoms with Crippen LogP contribution in [0.1, 0.15) is 44.0 Å². The summed E-state index contributed by atoms with van der Waals surface area (Å²) in [7, 11) is 1.39. The first-order valence-corrected chi connectivity index (χ1v) is 9.18. The number of methoxy groups -OCH3 is 1. The van der Waals surface area contributed by atoms with E-state index in [0.29, 0.717) is 10.6 Å². The van der Waals surface area contributed by atoms with Gasteiger partial charge < -0.3 is 19.7 Å². The van der Waals surface area contributed by atoms with Gasteiger partial charge in [-0.05, 0) is 37.6 Å². The van der Waals surface area contributed by atoms with Gasteiger partial charge in [-0.1, -0.05) is 13.8 Å². The van der Waals surface area contributed by atoms with Crippen molar-refractivity contribution in [2.45, 2.75) is 45.5 Å². The molecule has 0 aromatic heterocycles. The van der Waals surface area contributed by atoms with E-state index in [1.54, 1.807) is 5.32 Å². The highest BCUT2D eigenvalue weighted by Crippen LogP contribution is 2.37. The van der Waals surface area contributed by atoms with Gasteiger partial charge in [0.15, 0.2) is 0 Å². The highest BCUT2D eigenvalue weighted by Gasteiger charge is 2.68. The molecule has 1 unspecified atom stereocenters. The summed E-state index contributed by atoms with van der Waals surface area (Å²) in [5.74, 6) is -3.43. The van der Waals surface area contributed by atoms with Crippen molar-refractivity contribution in [3.63, 3.8) is 0 Å². The van der Waals surface area contributed by atoms with Gasteiger partial charge in [0.1, 0.15) is 5.75 Å². The predicted molar refractivity (Wildman–Crippen MR) is 98.2 cm³/mol. The maximum Gasteiger partial charge on any atom is 0.442 e. The molecule has 1 aromatic carbocycles. The van der Waals surface area contributed by atoms with Gasteiger partial charge >= 0.3 is 17.8 Å². The molecule has 7 nitrogen and oxygen atoms in total. The first-order chi connectivity index (χ1) is 13.7. The number of alkyl halides is 3. The number of hydrogen-bond donors (Lipinski definition) is 1. The fraction of sp³-hybridized carbons (Fsp3) is 0.526. The van der Waals surface area contributed by atoms with Crippen LogP contribution in [-0.4, -0.2) is 54.8 Å². The van der Waals surface area contributed by atoms with Crippen LogP contribution < -0.4 is 10.1 Å². The van der Waals surface area contributed by atoms with Gasteiger partial charge in [-0.3, -0.25) is 9.59 Å². The average molecular weight is 418 g/mol. The number of likely N-dealkylation sites (tertiary alicyclic amines) is 1. The number of nitrogens with one attached hydrogen (secondary N) is 1. The summed E-state index contributed by atoms with van der Waals surface area (Å²) < 4.78 is 51.6. The lowest BCUT2D eigenvalue weighted by Crippen LogP contribution is -2.74. The molecule has 1 atom stereocenters. The Hall–Kier alpha value is -2.78. The zero-order valence-electron chi connectivity index (χ0n) is 16.8. The Morgan fingerprint density at radius 1 is 1.17 bits per heavy atom. The molecule has 10 heteroatoms. The molecule has 162 valence electrons. The minimum Gasteiger partial charge on any atom is -0.497 e. The molecule has 1 heterocycles. The second-order valence-electron chi connectivity index (χ2n) is 5.76. The smallest absolute Gasteiger partial charge is 0.442 e. The Morgan fingerprint density at radius 2 is 1.76 bits per heavy atom. The summed E-state index contributed by atoms with van der Waals surface area (Å²) >= 11 is 0. The van der Waals surface area contributed by atoms with Crippen molar-refractivity contribution in [3.05, 3.63) is 29.8 Å². The Kier molecular flexibility index (Phi) is 8.47. The van der Waals surface area contributed by atoms with E-state index >= 15 is 0 Å². The number of ether oxygens (including phenoxy) is 2. The number of carbonyl (C=O) groups is 3. The number of halogens is 3. The molecule has 1 aliphatic rings. The van der Waals surface area contributed by atoms with E-state index in [1.165, 1.54) is 38.3 Å². The molecule has 0 spiro atoms. The molecule has 29 heavy (non-hydrogen) atoms. The second kappa shape index (κ2) is 10.1. The SMILES string of the molecule is CC.CCOC(=O)C(NC(=O)c1ccc(OC)cc1)(N1CCCC1=O)C(F)(F)F. The van der Waals surface area contributed by atoms with Crippen LogP contribution in [0.3, 0.4) is 0 Å². The van der Waals surface area contributed by atoms with E-state index in [1.807, 2.05) is 13.8 Å². The maximum absolute atomic E-state index is 14.0. The lowest BCUT2D eigenvalue weighted by molar-refractivity contribution is -0.243. The topological polar surface area (TPSA) is 84.9 Å². The standard InChI is InChI=1S/C17H19F3N2O5.C2H6/c1-3-27-15(25)16(17(18,19)20,22-10-4-5-13(22)23)21-14(24)11-6-8-12(26-2)9-7-11;1-2/h6-9H,3-5,10H2,1-2H3,(H,21,24);1-2H3. The lowest BCUT2D eigenvalue weighted by Gasteiger charge is -2.40. The van der Waals surface area contributed by atoms with Crippen LogP contribution in [0.15, 0.2) is 24.3 Å². The van der Waals surface area contributed by atoms with Crippen LogP contribution >= 0.6 is 0 Å². The van der Waals surface area contributed by atoms with Crippen molar-refractivity contribution in [2.24, 2.45) is 0 Å². The van der Waals surface area contributed by atoms with E-state index in [4.69, 9.17) is 4.74 Å². The lowest BCUT2D eigenvalue weighted by atomic mass is 10.1. The highest BCUT2D eigenvalue weighted by atomic mass is 19.4. The molecule has 1 aromatic rings. The highest BCUT2D eigenvalue weighted by molar-refractivity contribution is 6.00. The number of nitrogens with zero attached hydrogens (tertiary/aromatic N) is 1. The molecule has 0 bridgehead atoms. The van der Waals surface area contributed by atoms with Crippen LogP contribution in [-0.2, 0) is 14.3 Å². The number of hydrogen-bond acceptors (Lipinski definition) is 5. The van der Waals surface area contributed by atoms with Crippen molar-refractivity contribution in [1.82, 2.24) is 10.2 Å². The summed E-state index contributed by atoms with van der Waals surface area (Å²) in [6.07, 6.45) is -5.31. The molecule has 2 amide bonds. The van der Waals surface area contributed by atoms with Crippen molar-refractivity contribution < 1.29 is 37.0 Å². The summed E-state index contributed by atoms with van der Waals surface area (Å²) in [4.78, 5) is 37.2. The van der Waals surface area contributed by atoms with Crippen molar-refractivity contribution in [1.29, 1.82) is 0 Å². The second-order valence-corrected chi connectivity index (χ2v) is 5.76. The third-order valence-electron chi connectivity index (χ3n) is 4.11. The summed E-state index contributed by atoms with van der Waals surface area (Å²) in [6, 6.07) is 5.25. The maximum atomic E-state index is 14.0. The van der Waals surface area contributed by atoms with E-state index in [2.05, 4.69) is 4.74 Å². The zero-order chi connectivity index (χ0) is 22.2. The summed E-state index contributed by atoms with van der Waals surface area (Å²) in [5, 5.41) is 1.71. The van der Waals surface area contributed by atoms with Gasteiger partial charge in [-0.2, -0.15) is 13.2 Å². The molecule has 0 aliphatic carbocycles. The molecule has 0 radical (unpaired) electrons. The Balaban J connectivity index is 0.00000204. The van der Waals surface area contributed by atoms with E-state index < -0.39 is 29.6 Å². The fourth-order valence-electron chi connectivity index (χ4n) is 2.79. The van der Waals surface area contributed by atoms with Crippen LogP contribution in [0.5, 0.6) is 5.75 Å². The van der Waals surface area contributed by atoms with Gasteiger partial charge in [0, 0.05) is 18.5 Å². The summed E-state index contributed by atoms with van der Waals surface area (Å²) in [5.41, 5.74) is -3.73. The van der Waals surface area contributed by atoms with Gasteiger partial charge in [-0.15, -0.1) is 0 Å². The monoisotopic (exact) mass is 418 g/mol. The van der Waals surface area contributed by atoms with Crippen molar-refractivity contribution >= 4 is 17.8 Å².